The molecule has 0 N–H and O–H groups in total. The van der Waals surface area contributed by atoms with Crippen LogP contribution in [0.15, 0.2) is 33.5 Å². The highest BCUT2D eigenvalue weighted by molar-refractivity contribution is 8.00. The van der Waals surface area contributed by atoms with Gasteiger partial charge in [0.05, 0.1) is 11.4 Å². The SMILES string of the molecule is CSc1nnc(CN2CCN(S(=O)(=O)c3ccc(C4CCCCC4)cc3)CC2)s1. The van der Waals surface area contributed by atoms with Crippen LogP contribution in [-0.2, 0) is 16.6 Å². The molecule has 1 aliphatic heterocycles. The Hall–Kier alpha value is -1.00. The number of hydrogen-bond donors (Lipinski definition) is 0. The molecule has 0 amide bonds. The zero-order chi connectivity index (χ0) is 20.3. The molecule has 9 heteroatoms. The van der Waals surface area contributed by atoms with Crippen LogP contribution < -0.4 is 0 Å². The van der Waals surface area contributed by atoms with E-state index >= 15 is 0 Å². The summed E-state index contributed by atoms with van der Waals surface area (Å²) in [4.78, 5) is 2.67. The number of aromatic nitrogens is 2. The molecule has 1 saturated carbocycles. The Bertz CT molecular complexity index is 900. The molecule has 1 aromatic carbocycles. The molecule has 2 fully saturated rings. The van der Waals surface area contributed by atoms with Gasteiger partial charge in [-0.1, -0.05) is 54.5 Å². The van der Waals surface area contributed by atoms with Crippen LogP contribution in [0.25, 0.3) is 0 Å². The number of rotatable bonds is 6. The third-order valence-corrected chi connectivity index (χ3v) is 9.70. The Morgan fingerprint density at radius 1 is 1.03 bits per heavy atom. The molecule has 1 aromatic heterocycles. The topological polar surface area (TPSA) is 66.4 Å². The lowest BCUT2D eigenvalue weighted by molar-refractivity contribution is 0.181. The molecular weight excluding hydrogens is 424 g/mol. The van der Waals surface area contributed by atoms with Gasteiger partial charge in [0.2, 0.25) is 10.0 Å². The highest BCUT2D eigenvalue weighted by Crippen LogP contribution is 2.33. The quantitative estimate of drug-likeness (QED) is 0.621. The van der Waals surface area contributed by atoms with E-state index in [1.165, 1.54) is 37.7 Å². The van der Waals surface area contributed by atoms with E-state index in [9.17, 15) is 8.42 Å². The fraction of sp³-hybridized carbons (Fsp3) is 0.600. The van der Waals surface area contributed by atoms with E-state index in [0.717, 1.165) is 15.9 Å². The first-order valence-corrected chi connectivity index (χ1v) is 13.7. The van der Waals surface area contributed by atoms with Crippen molar-refractivity contribution in [3.8, 4) is 0 Å². The van der Waals surface area contributed by atoms with Crippen molar-refractivity contribution in [2.24, 2.45) is 0 Å². The first kappa shape index (κ1) is 21.2. The summed E-state index contributed by atoms with van der Waals surface area (Å²) in [7, 11) is -3.43. The Morgan fingerprint density at radius 3 is 2.34 bits per heavy atom. The van der Waals surface area contributed by atoms with Crippen molar-refractivity contribution in [3.63, 3.8) is 0 Å². The molecule has 0 bridgehead atoms. The van der Waals surface area contributed by atoms with Crippen molar-refractivity contribution in [1.29, 1.82) is 0 Å². The Balaban J connectivity index is 1.35. The van der Waals surface area contributed by atoms with Crippen molar-refractivity contribution in [1.82, 2.24) is 19.4 Å². The lowest BCUT2D eigenvalue weighted by atomic mass is 9.84. The van der Waals surface area contributed by atoms with Gasteiger partial charge >= 0.3 is 0 Å². The van der Waals surface area contributed by atoms with E-state index in [-0.39, 0.29) is 0 Å². The number of benzene rings is 1. The first-order chi connectivity index (χ1) is 14.1. The zero-order valence-electron chi connectivity index (χ0n) is 16.8. The van der Waals surface area contributed by atoms with Crippen LogP contribution in [-0.4, -0.2) is 60.3 Å². The monoisotopic (exact) mass is 452 g/mol. The van der Waals surface area contributed by atoms with Crippen LogP contribution in [0.1, 0.15) is 48.6 Å². The van der Waals surface area contributed by atoms with Gasteiger partial charge in [0.25, 0.3) is 0 Å². The normalized spacial score (nSPS) is 20.2. The first-order valence-electron chi connectivity index (χ1n) is 10.2. The molecule has 2 aromatic rings. The standard InChI is InChI=1S/C20H28N4O2S3/c1-27-20-22-21-19(28-20)15-23-11-13-24(14-12-23)29(25,26)18-9-7-17(8-10-18)16-5-3-2-4-6-16/h7-10,16H,2-6,11-15H2,1H3. The maximum atomic E-state index is 13.1. The average Bonchev–Trinajstić information content (AvgIpc) is 3.22. The summed E-state index contributed by atoms with van der Waals surface area (Å²) in [5.74, 6) is 0.594. The summed E-state index contributed by atoms with van der Waals surface area (Å²) >= 11 is 3.21. The number of hydrogen-bond acceptors (Lipinski definition) is 7. The van der Waals surface area contributed by atoms with Crippen molar-refractivity contribution in [3.05, 3.63) is 34.8 Å². The fourth-order valence-electron chi connectivity index (χ4n) is 4.20. The molecule has 29 heavy (non-hydrogen) atoms. The van der Waals surface area contributed by atoms with E-state index in [1.54, 1.807) is 39.5 Å². The highest BCUT2D eigenvalue weighted by atomic mass is 32.2. The van der Waals surface area contributed by atoms with Gasteiger partial charge in [-0.15, -0.1) is 10.2 Å². The maximum Gasteiger partial charge on any atom is 0.243 e. The van der Waals surface area contributed by atoms with E-state index in [2.05, 4.69) is 15.1 Å². The predicted octanol–water partition coefficient (Wildman–Crippen LogP) is 3.81. The van der Waals surface area contributed by atoms with Crippen LogP contribution in [0.2, 0.25) is 0 Å². The third kappa shape index (κ3) is 5.02. The van der Waals surface area contributed by atoms with E-state index in [1.807, 2.05) is 18.4 Å². The van der Waals surface area contributed by atoms with Gasteiger partial charge in [-0.3, -0.25) is 4.90 Å². The minimum Gasteiger partial charge on any atom is -0.294 e. The van der Waals surface area contributed by atoms with Gasteiger partial charge < -0.3 is 0 Å². The second-order valence-corrected chi connectivity index (χ2v) is 11.8. The van der Waals surface area contributed by atoms with Gasteiger partial charge in [-0.2, -0.15) is 4.31 Å². The van der Waals surface area contributed by atoms with Crippen LogP contribution in [0.4, 0.5) is 0 Å². The molecule has 158 valence electrons. The molecule has 6 nitrogen and oxygen atoms in total. The maximum absolute atomic E-state index is 13.1. The van der Waals surface area contributed by atoms with Gasteiger partial charge in [0, 0.05) is 26.2 Å². The number of thioether (sulfide) groups is 1. The highest BCUT2D eigenvalue weighted by Gasteiger charge is 2.29. The van der Waals surface area contributed by atoms with Crippen LogP contribution in [0.3, 0.4) is 0 Å². The van der Waals surface area contributed by atoms with E-state index in [0.29, 0.717) is 37.0 Å². The zero-order valence-corrected chi connectivity index (χ0v) is 19.2. The van der Waals surface area contributed by atoms with E-state index in [4.69, 9.17) is 0 Å². The third-order valence-electron chi connectivity index (χ3n) is 5.91. The molecule has 0 unspecified atom stereocenters. The minimum absolute atomic E-state index is 0.416. The summed E-state index contributed by atoms with van der Waals surface area (Å²) < 4.78 is 28.7. The minimum atomic E-state index is -3.43. The summed E-state index contributed by atoms with van der Waals surface area (Å²) in [6, 6.07) is 7.66. The van der Waals surface area contributed by atoms with Crippen LogP contribution >= 0.6 is 23.1 Å². The number of sulfonamides is 1. The molecule has 2 heterocycles. The molecule has 1 aliphatic carbocycles. The van der Waals surface area contributed by atoms with E-state index < -0.39 is 10.0 Å². The fourth-order valence-corrected chi connectivity index (χ4v) is 6.98. The second-order valence-electron chi connectivity index (χ2n) is 7.75. The molecule has 1 saturated heterocycles. The van der Waals surface area contributed by atoms with Gasteiger partial charge in [-0.25, -0.2) is 8.42 Å². The van der Waals surface area contributed by atoms with Crippen LogP contribution in [0, 0.1) is 0 Å². The predicted molar refractivity (Wildman–Crippen MR) is 118 cm³/mol. The summed E-state index contributed by atoms with van der Waals surface area (Å²) in [5.41, 5.74) is 1.29. The van der Waals surface area contributed by atoms with Crippen molar-refractivity contribution >= 4 is 33.1 Å². The van der Waals surface area contributed by atoms with Gasteiger partial charge in [0.15, 0.2) is 4.34 Å². The molecule has 0 radical (unpaired) electrons. The lowest BCUT2D eigenvalue weighted by Gasteiger charge is -2.33. The Labute approximate surface area is 181 Å². The van der Waals surface area contributed by atoms with Crippen LogP contribution in [0.5, 0.6) is 0 Å². The number of piperazine rings is 1. The van der Waals surface area contributed by atoms with Crippen molar-refractivity contribution in [2.45, 2.75) is 53.8 Å². The largest absolute Gasteiger partial charge is 0.294 e. The molecule has 0 spiro atoms. The van der Waals surface area contributed by atoms with Crippen molar-refractivity contribution < 1.29 is 8.42 Å². The molecule has 0 atom stereocenters. The number of nitrogens with zero attached hydrogens (tertiary/aromatic N) is 4. The summed E-state index contributed by atoms with van der Waals surface area (Å²) in [5, 5.41) is 9.34. The van der Waals surface area contributed by atoms with Gasteiger partial charge in [0.1, 0.15) is 5.01 Å². The average molecular weight is 453 g/mol. The van der Waals surface area contributed by atoms with Gasteiger partial charge in [-0.05, 0) is 42.7 Å². The lowest BCUT2D eigenvalue weighted by Crippen LogP contribution is -2.48. The summed E-state index contributed by atoms with van der Waals surface area (Å²) in [6.45, 7) is 3.20. The molecular formula is C20H28N4O2S3. The smallest absolute Gasteiger partial charge is 0.243 e. The Morgan fingerprint density at radius 2 is 1.72 bits per heavy atom. The molecule has 2 aliphatic rings. The molecule has 4 rings (SSSR count). The Kier molecular flexibility index (Phi) is 6.91. The van der Waals surface area contributed by atoms with Crippen molar-refractivity contribution in [2.75, 3.05) is 32.4 Å². The summed E-state index contributed by atoms with van der Waals surface area (Å²) in [6.07, 6.45) is 8.33. The second kappa shape index (κ2) is 9.43.